The van der Waals surface area contributed by atoms with Crippen molar-refractivity contribution in [1.82, 2.24) is 14.8 Å². The maximum atomic E-state index is 13.5. The lowest BCUT2D eigenvalue weighted by Gasteiger charge is -2.31. The van der Waals surface area contributed by atoms with Gasteiger partial charge in [-0.1, -0.05) is 54.1 Å². The number of hydrogen-bond donors (Lipinski definition) is 0. The summed E-state index contributed by atoms with van der Waals surface area (Å²) in [6.07, 6.45) is 2.49. The van der Waals surface area contributed by atoms with E-state index in [4.69, 9.17) is 11.6 Å². The fourth-order valence-electron chi connectivity index (χ4n) is 4.22. The highest BCUT2D eigenvalue weighted by Crippen LogP contribution is 2.35. The number of nitrogens with zero attached hydrogens (tertiary/aromatic N) is 3. The van der Waals surface area contributed by atoms with Gasteiger partial charge < -0.3 is 4.90 Å². The number of amides is 2. The van der Waals surface area contributed by atoms with Crippen LogP contribution in [0.25, 0.3) is 5.57 Å². The Morgan fingerprint density at radius 3 is 2.35 bits per heavy atom. The molecule has 1 aromatic heterocycles. The summed E-state index contributed by atoms with van der Waals surface area (Å²) in [5, 5.41) is 0.583. The first-order chi connectivity index (χ1) is 15.1. The van der Waals surface area contributed by atoms with Crippen molar-refractivity contribution >= 4 is 29.0 Å². The smallest absolute Gasteiger partial charge is 0.278 e. The minimum atomic E-state index is -0.299. The molecule has 0 radical (unpaired) electrons. The van der Waals surface area contributed by atoms with E-state index in [1.54, 1.807) is 30.5 Å². The van der Waals surface area contributed by atoms with Crippen molar-refractivity contribution in [3.63, 3.8) is 0 Å². The van der Waals surface area contributed by atoms with Gasteiger partial charge in [-0.2, -0.15) is 0 Å². The van der Waals surface area contributed by atoms with Crippen LogP contribution >= 0.6 is 11.6 Å². The number of rotatable bonds is 4. The van der Waals surface area contributed by atoms with Gasteiger partial charge in [-0.05, 0) is 47.4 Å². The molecular weight excluding hydrogens is 410 g/mol. The Balaban J connectivity index is 1.56. The minimum Gasteiger partial charge on any atom is -0.362 e. The first kappa shape index (κ1) is 19.5. The third kappa shape index (κ3) is 3.62. The van der Waals surface area contributed by atoms with Gasteiger partial charge in [-0.15, -0.1) is 0 Å². The van der Waals surface area contributed by atoms with Crippen LogP contribution in [-0.4, -0.2) is 33.1 Å². The van der Waals surface area contributed by atoms with Crippen LogP contribution in [0.15, 0.2) is 78.6 Å². The highest BCUT2D eigenvalue weighted by Gasteiger charge is 2.42. The maximum absolute atomic E-state index is 13.5. The van der Waals surface area contributed by atoms with Crippen molar-refractivity contribution in [2.24, 2.45) is 0 Å². The molecule has 0 fully saturated rings. The number of carbonyl (C=O) groups excluding carboxylic acids is 2. The quantitative estimate of drug-likeness (QED) is 0.586. The summed E-state index contributed by atoms with van der Waals surface area (Å²) in [6, 6.07) is 20.8. The van der Waals surface area contributed by atoms with Gasteiger partial charge in [0.1, 0.15) is 5.70 Å². The minimum absolute atomic E-state index is 0.142. The predicted octanol–water partition coefficient (Wildman–Crippen LogP) is 4.07. The van der Waals surface area contributed by atoms with Crippen LogP contribution in [0.2, 0.25) is 5.02 Å². The Kier molecular flexibility index (Phi) is 5.04. The number of fused-ring (bicyclic) bond motifs is 1. The van der Waals surface area contributed by atoms with Crippen molar-refractivity contribution in [3.05, 3.63) is 106 Å². The molecule has 0 bridgehead atoms. The molecule has 31 heavy (non-hydrogen) atoms. The van der Waals surface area contributed by atoms with E-state index in [2.05, 4.69) is 17.1 Å². The Morgan fingerprint density at radius 2 is 1.61 bits per heavy atom. The van der Waals surface area contributed by atoms with Gasteiger partial charge in [0.2, 0.25) is 0 Å². The number of halogens is 1. The molecule has 0 spiro atoms. The molecule has 6 heteroatoms. The molecular formula is C25H20ClN3O2. The highest BCUT2D eigenvalue weighted by atomic mass is 35.5. The molecule has 0 saturated carbocycles. The van der Waals surface area contributed by atoms with E-state index in [-0.39, 0.29) is 18.4 Å². The maximum Gasteiger partial charge on any atom is 0.278 e. The van der Waals surface area contributed by atoms with Crippen LogP contribution in [-0.2, 0) is 29.1 Å². The lowest BCUT2D eigenvalue weighted by Crippen LogP contribution is -2.37. The molecule has 0 unspecified atom stereocenters. The summed E-state index contributed by atoms with van der Waals surface area (Å²) in [5.41, 5.74) is 4.72. The average molecular weight is 430 g/mol. The predicted molar refractivity (Wildman–Crippen MR) is 119 cm³/mol. The van der Waals surface area contributed by atoms with E-state index in [0.29, 0.717) is 40.6 Å². The summed E-state index contributed by atoms with van der Waals surface area (Å²) in [7, 11) is 0. The summed E-state index contributed by atoms with van der Waals surface area (Å²) >= 11 is 6.06. The Morgan fingerprint density at radius 1 is 0.871 bits per heavy atom. The van der Waals surface area contributed by atoms with Crippen LogP contribution in [0, 0.1) is 0 Å². The highest BCUT2D eigenvalue weighted by molar-refractivity contribution is 6.35. The van der Waals surface area contributed by atoms with Gasteiger partial charge in [0.05, 0.1) is 17.8 Å². The number of hydrogen-bond acceptors (Lipinski definition) is 4. The van der Waals surface area contributed by atoms with Crippen LogP contribution in [0.3, 0.4) is 0 Å². The Hall–Kier alpha value is -3.44. The monoisotopic (exact) mass is 429 g/mol. The summed E-state index contributed by atoms with van der Waals surface area (Å²) in [5.74, 6) is -0.577. The molecule has 5 nitrogen and oxygen atoms in total. The zero-order valence-electron chi connectivity index (χ0n) is 16.8. The molecule has 5 rings (SSSR count). The normalized spacial score (nSPS) is 16.2. The molecule has 2 aromatic carbocycles. The largest absolute Gasteiger partial charge is 0.362 e. The van der Waals surface area contributed by atoms with Crippen molar-refractivity contribution < 1.29 is 9.59 Å². The third-order valence-electron chi connectivity index (χ3n) is 5.77. The molecule has 2 aliphatic heterocycles. The molecule has 2 aliphatic rings. The SMILES string of the molecule is O=C1C(c2ccc(Cl)cc2)=C(N2CCc3ccccc3C2)C(=O)N1Cc1ccccn1. The van der Waals surface area contributed by atoms with Gasteiger partial charge in [0.15, 0.2) is 0 Å². The summed E-state index contributed by atoms with van der Waals surface area (Å²) in [4.78, 5) is 34.6. The topological polar surface area (TPSA) is 53.5 Å². The standard InChI is InChI=1S/C25H20ClN3O2/c26-20-10-8-18(9-11-20)22-23(28-14-12-17-5-1-2-6-19(17)15-28)25(31)29(24(22)30)16-21-7-3-4-13-27-21/h1-11,13H,12,14-16H2. The second-order valence-corrected chi connectivity index (χ2v) is 8.12. The molecule has 3 heterocycles. The number of aromatic nitrogens is 1. The van der Waals surface area contributed by atoms with Crippen LogP contribution in [0.4, 0.5) is 0 Å². The number of imide groups is 1. The number of pyridine rings is 1. The molecule has 0 N–H and O–H groups in total. The first-order valence-electron chi connectivity index (χ1n) is 10.2. The first-order valence-corrected chi connectivity index (χ1v) is 10.6. The average Bonchev–Trinajstić information content (AvgIpc) is 3.05. The van der Waals surface area contributed by atoms with E-state index in [0.717, 1.165) is 6.42 Å². The van der Waals surface area contributed by atoms with Crippen molar-refractivity contribution in [2.75, 3.05) is 6.54 Å². The van der Waals surface area contributed by atoms with E-state index < -0.39 is 0 Å². The molecule has 0 saturated heterocycles. The van der Waals surface area contributed by atoms with Crippen molar-refractivity contribution in [2.45, 2.75) is 19.5 Å². The van der Waals surface area contributed by atoms with Crippen molar-refractivity contribution in [1.29, 1.82) is 0 Å². The van der Waals surface area contributed by atoms with Gasteiger partial charge in [-0.25, -0.2) is 0 Å². The Labute approximate surface area is 185 Å². The summed E-state index contributed by atoms with van der Waals surface area (Å²) in [6.45, 7) is 1.42. The summed E-state index contributed by atoms with van der Waals surface area (Å²) < 4.78 is 0. The van der Waals surface area contributed by atoms with E-state index in [1.165, 1.54) is 16.0 Å². The molecule has 2 amide bonds. The molecule has 154 valence electrons. The van der Waals surface area contributed by atoms with Crippen LogP contribution < -0.4 is 0 Å². The van der Waals surface area contributed by atoms with Crippen molar-refractivity contribution in [3.8, 4) is 0 Å². The third-order valence-corrected chi connectivity index (χ3v) is 6.02. The van der Waals surface area contributed by atoms with Gasteiger partial charge in [0.25, 0.3) is 11.8 Å². The second-order valence-electron chi connectivity index (χ2n) is 7.69. The number of benzene rings is 2. The molecule has 0 atom stereocenters. The van der Waals surface area contributed by atoms with Crippen LogP contribution in [0.5, 0.6) is 0 Å². The lowest BCUT2D eigenvalue weighted by molar-refractivity contribution is -0.138. The van der Waals surface area contributed by atoms with Gasteiger partial charge in [0, 0.05) is 24.3 Å². The fraction of sp³-hybridized carbons (Fsp3) is 0.160. The number of carbonyl (C=O) groups is 2. The molecule has 0 aliphatic carbocycles. The van der Waals surface area contributed by atoms with E-state index in [9.17, 15) is 9.59 Å². The van der Waals surface area contributed by atoms with Gasteiger partial charge >= 0.3 is 0 Å². The second kappa shape index (κ2) is 8.00. The van der Waals surface area contributed by atoms with E-state index >= 15 is 0 Å². The van der Waals surface area contributed by atoms with Gasteiger partial charge in [-0.3, -0.25) is 19.5 Å². The van der Waals surface area contributed by atoms with Crippen LogP contribution in [0.1, 0.15) is 22.4 Å². The lowest BCUT2D eigenvalue weighted by atomic mass is 9.98. The zero-order chi connectivity index (χ0) is 21.4. The zero-order valence-corrected chi connectivity index (χ0v) is 17.5. The molecule has 3 aromatic rings. The Bertz CT molecular complexity index is 1190. The van der Waals surface area contributed by atoms with E-state index in [1.807, 2.05) is 35.2 Å². The fourth-order valence-corrected chi connectivity index (χ4v) is 4.34.